The molecule has 1 fully saturated rings. The minimum absolute atomic E-state index is 0.247. The Balaban J connectivity index is 1.86. The lowest BCUT2D eigenvalue weighted by Gasteiger charge is -2.26. The van der Waals surface area contributed by atoms with Crippen LogP contribution in [-0.2, 0) is 17.6 Å². The van der Waals surface area contributed by atoms with Crippen LogP contribution in [0.3, 0.4) is 0 Å². The molecule has 0 spiro atoms. The number of fused-ring (bicyclic) bond motifs is 1. The number of carboxylic acid groups (broad SMARTS) is 1. The molecular formula is C15H19NO2. The summed E-state index contributed by atoms with van der Waals surface area (Å²) >= 11 is 0. The Hall–Kier alpha value is -1.35. The molecule has 0 radical (unpaired) electrons. The Labute approximate surface area is 107 Å². The molecule has 3 heteroatoms. The van der Waals surface area contributed by atoms with Crippen LogP contribution in [0.4, 0.5) is 0 Å². The second-order valence-electron chi connectivity index (χ2n) is 6.40. The van der Waals surface area contributed by atoms with E-state index in [0.717, 1.165) is 6.42 Å². The summed E-state index contributed by atoms with van der Waals surface area (Å²) in [6.45, 7) is 4.37. The topological polar surface area (TPSA) is 49.3 Å². The summed E-state index contributed by atoms with van der Waals surface area (Å²) in [5.41, 5.74) is 1.80. The molecule has 1 aromatic rings. The first-order chi connectivity index (χ1) is 8.43. The summed E-state index contributed by atoms with van der Waals surface area (Å²) in [7, 11) is 0. The maximum Gasteiger partial charge on any atom is 0.324 e. The van der Waals surface area contributed by atoms with Crippen molar-refractivity contribution >= 4 is 5.97 Å². The zero-order valence-electron chi connectivity index (χ0n) is 10.9. The zero-order chi connectivity index (χ0) is 13.0. The molecule has 96 valence electrons. The first-order valence-corrected chi connectivity index (χ1v) is 6.51. The Morgan fingerprint density at radius 3 is 2.17 bits per heavy atom. The molecule has 0 aromatic heterocycles. The lowest BCUT2D eigenvalue weighted by Crippen LogP contribution is -2.54. The lowest BCUT2D eigenvalue weighted by atomic mass is 9.95. The maximum atomic E-state index is 11.7. The van der Waals surface area contributed by atoms with Crippen LogP contribution in [0.25, 0.3) is 0 Å². The van der Waals surface area contributed by atoms with Crippen LogP contribution in [0, 0.1) is 5.41 Å². The summed E-state index contributed by atoms with van der Waals surface area (Å²) in [4.78, 5) is 11.7. The van der Waals surface area contributed by atoms with Crippen LogP contribution in [-0.4, -0.2) is 22.7 Å². The molecular weight excluding hydrogens is 226 g/mol. The number of aliphatic carboxylic acids is 1. The molecule has 2 aliphatic rings. The number of nitrogens with one attached hydrogen (secondary N) is 1. The fourth-order valence-electron chi connectivity index (χ4n) is 2.98. The van der Waals surface area contributed by atoms with E-state index in [9.17, 15) is 9.90 Å². The van der Waals surface area contributed by atoms with E-state index in [1.54, 1.807) is 0 Å². The van der Waals surface area contributed by atoms with Gasteiger partial charge in [-0.15, -0.1) is 0 Å². The van der Waals surface area contributed by atoms with Gasteiger partial charge in [-0.05, 0) is 23.0 Å². The van der Waals surface area contributed by atoms with Gasteiger partial charge in [0.25, 0.3) is 0 Å². The summed E-state index contributed by atoms with van der Waals surface area (Å²) in [5, 5.41) is 13.0. The maximum absolute atomic E-state index is 11.7. The van der Waals surface area contributed by atoms with Gasteiger partial charge in [-0.3, -0.25) is 10.1 Å². The highest BCUT2D eigenvalue weighted by Gasteiger charge is 2.53. The molecule has 3 nitrogen and oxygen atoms in total. The fraction of sp³-hybridized carbons (Fsp3) is 0.533. The third-order valence-electron chi connectivity index (χ3n) is 4.48. The number of rotatable bonds is 3. The molecule has 1 aromatic carbocycles. The van der Waals surface area contributed by atoms with E-state index < -0.39 is 11.5 Å². The Bertz CT molecular complexity index is 482. The number of benzene rings is 1. The SMILES string of the molecule is CC1(C)CC1NC1(C(=O)O)Cc2ccccc2C1. The molecule has 1 unspecified atom stereocenters. The van der Waals surface area contributed by atoms with Crippen LogP contribution < -0.4 is 5.32 Å². The molecule has 1 atom stereocenters. The molecule has 2 aliphatic carbocycles. The number of carboxylic acids is 1. The van der Waals surface area contributed by atoms with Gasteiger partial charge in [0.15, 0.2) is 0 Å². The van der Waals surface area contributed by atoms with Crippen molar-refractivity contribution in [2.45, 2.75) is 44.7 Å². The van der Waals surface area contributed by atoms with Gasteiger partial charge in [0.1, 0.15) is 5.54 Å². The highest BCUT2D eigenvalue weighted by molar-refractivity contribution is 5.81. The largest absolute Gasteiger partial charge is 0.480 e. The summed E-state index contributed by atoms with van der Waals surface area (Å²) in [6.07, 6.45) is 2.27. The molecule has 0 saturated heterocycles. The van der Waals surface area contributed by atoms with Crippen LogP contribution in [0.15, 0.2) is 24.3 Å². The monoisotopic (exact) mass is 245 g/mol. The van der Waals surface area contributed by atoms with Crippen LogP contribution in [0.2, 0.25) is 0 Å². The Morgan fingerprint density at radius 2 is 1.78 bits per heavy atom. The second-order valence-corrected chi connectivity index (χ2v) is 6.40. The van der Waals surface area contributed by atoms with Crippen LogP contribution in [0.5, 0.6) is 0 Å². The molecule has 0 bridgehead atoms. The average molecular weight is 245 g/mol. The predicted molar refractivity (Wildman–Crippen MR) is 69.5 cm³/mol. The van der Waals surface area contributed by atoms with Gasteiger partial charge in [-0.1, -0.05) is 38.1 Å². The Kier molecular flexibility index (Phi) is 2.33. The van der Waals surface area contributed by atoms with Crippen molar-refractivity contribution in [1.82, 2.24) is 5.32 Å². The van der Waals surface area contributed by atoms with Gasteiger partial charge in [-0.25, -0.2) is 0 Å². The minimum Gasteiger partial charge on any atom is -0.480 e. The van der Waals surface area contributed by atoms with Gasteiger partial charge >= 0.3 is 5.97 Å². The predicted octanol–water partition coefficient (Wildman–Crippen LogP) is 2.00. The molecule has 1 saturated carbocycles. The smallest absolute Gasteiger partial charge is 0.324 e. The Morgan fingerprint density at radius 1 is 1.28 bits per heavy atom. The average Bonchev–Trinajstić information content (AvgIpc) is 2.74. The molecule has 0 amide bonds. The van der Waals surface area contributed by atoms with Crippen LogP contribution >= 0.6 is 0 Å². The van der Waals surface area contributed by atoms with Crippen molar-refractivity contribution in [2.75, 3.05) is 0 Å². The minimum atomic E-state index is -0.790. The summed E-state index contributed by atoms with van der Waals surface area (Å²) < 4.78 is 0. The highest BCUT2D eigenvalue weighted by Crippen LogP contribution is 2.46. The van der Waals surface area contributed by atoms with E-state index in [1.165, 1.54) is 11.1 Å². The van der Waals surface area contributed by atoms with E-state index in [2.05, 4.69) is 19.2 Å². The highest BCUT2D eigenvalue weighted by atomic mass is 16.4. The van der Waals surface area contributed by atoms with Crippen molar-refractivity contribution in [1.29, 1.82) is 0 Å². The van der Waals surface area contributed by atoms with Gasteiger partial charge in [0.2, 0.25) is 0 Å². The number of hydrogen-bond acceptors (Lipinski definition) is 2. The lowest BCUT2D eigenvalue weighted by molar-refractivity contribution is -0.144. The first-order valence-electron chi connectivity index (χ1n) is 6.51. The van der Waals surface area contributed by atoms with E-state index >= 15 is 0 Å². The summed E-state index contributed by atoms with van der Waals surface area (Å²) in [5.74, 6) is -0.721. The van der Waals surface area contributed by atoms with Gasteiger partial charge < -0.3 is 5.11 Å². The third-order valence-corrected chi connectivity index (χ3v) is 4.48. The van der Waals surface area contributed by atoms with Crippen molar-refractivity contribution in [3.8, 4) is 0 Å². The zero-order valence-corrected chi connectivity index (χ0v) is 10.9. The standard InChI is InChI=1S/C15H19NO2/c1-14(2)9-12(14)16-15(13(17)18)7-10-5-3-4-6-11(10)8-15/h3-6,12,16H,7-9H2,1-2H3,(H,17,18). The van der Waals surface area contributed by atoms with Gasteiger partial charge in [0.05, 0.1) is 0 Å². The van der Waals surface area contributed by atoms with Crippen molar-refractivity contribution in [2.24, 2.45) is 5.41 Å². The quantitative estimate of drug-likeness (QED) is 0.856. The second kappa shape index (κ2) is 3.58. The van der Waals surface area contributed by atoms with E-state index in [4.69, 9.17) is 0 Å². The van der Waals surface area contributed by atoms with Gasteiger partial charge in [0, 0.05) is 18.9 Å². The van der Waals surface area contributed by atoms with Crippen molar-refractivity contribution in [3.63, 3.8) is 0 Å². The third kappa shape index (κ3) is 1.74. The molecule has 18 heavy (non-hydrogen) atoms. The molecule has 3 rings (SSSR count). The number of carbonyl (C=O) groups is 1. The number of hydrogen-bond donors (Lipinski definition) is 2. The van der Waals surface area contributed by atoms with E-state index in [1.807, 2.05) is 24.3 Å². The normalized spacial score (nSPS) is 26.7. The molecule has 2 N–H and O–H groups in total. The van der Waals surface area contributed by atoms with Gasteiger partial charge in [-0.2, -0.15) is 0 Å². The van der Waals surface area contributed by atoms with Crippen molar-refractivity contribution in [3.05, 3.63) is 35.4 Å². The van der Waals surface area contributed by atoms with Crippen LogP contribution in [0.1, 0.15) is 31.4 Å². The summed E-state index contributed by atoms with van der Waals surface area (Å²) in [6, 6.07) is 8.39. The molecule has 0 aliphatic heterocycles. The van der Waals surface area contributed by atoms with Crippen molar-refractivity contribution < 1.29 is 9.90 Å². The van der Waals surface area contributed by atoms with E-state index in [0.29, 0.717) is 18.9 Å². The first kappa shape index (κ1) is 11.7. The van der Waals surface area contributed by atoms with E-state index in [-0.39, 0.29) is 5.41 Å². The fourth-order valence-corrected chi connectivity index (χ4v) is 2.98. The molecule has 0 heterocycles.